The van der Waals surface area contributed by atoms with E-state index in [9.17, 15) is 14.9 Å². The largest absolute Gasteiger partial charge is 0.497 e. The van der Waals surface area contributed by atoms with Crippen LogP contribution in [0.5, 0.6) is 11.5 Å². The molecule has 150 valence electrons. The normalized spacial score (nSPS) is 11.3. The zero-order chi connectivity index (χ0) is 21.2. The van der Waals surface area contributed by atoms with E-state index in [1.807, 2.05) is 24.3 Å². The van der Waals surface area contributed by atoms with E-state index in [-0.39, 0.29) is 5.91 Å². The first-order valence-electron chi connectivity index (χ1n) is 8.76. The molecule has 0 heterocycles. The summed E-state index contributed by atoms with van der Waals surface area (Å²) < 4.78 is 10.6. The molecule has 1 amide bonds. The molecule has 0 atom stereocenters. The number of benzene rings is 2. The Balaban J connectivity index is 2.32. The van der Waals surface area contributed by atoms with Gasteiger partial charge in [-0.15, -0.1) is 0 Å². The Labute approximate surface area is 169 Å². The van der Waals surface area contributed by atoms with E-state index in [0.29, 0.717) is 28.3 Å². The number of carbonyl (C=O) groups excluding carboxylic acids is 1. The molecular weight excluding hydrogens is 372 g/mol. The fraction of sp³-hybridized carbons (Fsp3) is 0.136. The summed E-state index contributed by atoms with van der Waals surface area (Å²) in [7, 11) is 3.03. The van der Waals surface area contributed by atoms with Gasteiger partial charge in [-0.05, 0) is 42.3 Å². The molecule has 0 aromatic heterocycles. The molecule has 2 aromatic carbocycles. The summed E-state index contributed by atoms with van der Waals surface area (Å²) in [6.45, 7) is 1.77. The average Bonchev–Trinajstić information content (AvgIpc) is 2.71. The lowest BCUT2D eigenvalue weighted by molar-refractivity contribution is -0.400. The summed E-state index contributed by atoms with van der Waals surface area (Å²) in [5.74, 6) is 0.840. The van der Waals surface area contributed by atoms with Crippen molar-refractivity contribution in [3.05, 3.63) is 81.6 Å². The van der Waals surface area contributed by atoms with Crippen LogP contribution >= 0.6 is 0 Å². The van der Waals surface area contributed by atoms with Gasteiger partial charge in [-0.1, -0.05) is 30.4 Å². The Bertz CT molecular complexity index is 960. The zero-order valence-corrected chi connectivity index (χ0v) is 16.4. The SMILES string of the molecule is C/C=C/C(=O)Nc1ccc(/C=C/c2cc(OC)cc(OC)c2/C=C/[N+](=O)[O-])cc1. The van der Waals surface area contributed by atoms with Crippen LogP contribution in [0, 0.1) is 10.1 Å². The summed E-state index contributed by atoms with van der Waals surface area (Å²) in [4.78, 5) is 21.8. The lowest BCUT2D eigenvalue weighted by atomic mass is 10.0. The quantitative estimate of drug-likeness (QED) is 0.305. The van der Waals surface area contributed by atoms with Crippen LogP contribution in [0.1, 0.15) is 23.6 Å². The molecule has 0 spiro atoms. The highest BCUT2D eigenvalue weighted by atomic mass is 16.6. The van der Waals surface area contributed by atoms with Crippen molar-refractivity contribution >= 4 is 29.8 Å². The van der Waals surface area contributed by atoms with Crippen molar-refractivity contribution in [2.24, 2.45) is 0 Å². The number of hydrogen-bond donors (Lipinski definition) is 1. The third kappa shape index (κ3) is 6.35. The van der Waals surface area contributed by atoms with Crippen LogP contribution in [0.4, 0.5) is 5.69 Å². The van der Waals surface area contributed by atoms with E-state index in [1.165, 1.54) is 26.4 Å². The van der Waals surface area contributed by atoms with Crippen LogP contribution in [-0.2, 0) is 4.79 Å². The minimum absolute atomic E-state index is 0.193. The van der Waals surface area contributed by atoms with Crippen molar-refractivity contribution in [3.8, 4) is 11.5 Å². The second-order valence-corrected chi connectivity index (χ2v) is 5.88. The molecule has 0 aliphatic rings. The van der Waals surface area contributed by atoms with Crippen molar-refractivity contribution in [2.45, 2.75) is 6.92 Å². The van der Waals surface area contributed by atoms with E-state index in [2.05, 4.69) is 5.32 Å². The third-order valence-electron chi connectivity index (χ3n) is 3.92. The maximum Gasteiger partial charge on any atom is 0.248 e. The molecule has 0 bridgehead atoms. The standard InChI is InChI=1S/C22H22N2O5/c1-4-5-22(25)23-18-10-7-16(8-11-18)6-9-17-14-19(28-2)15-21(29-3)20(17)12-13-24(26)27/h4-15H,1-3H3,(H,23,25)/b5-4+,9-6+,13-12+. The molecule has 1 N–H and O–H groups in total. The molecule has 29 heavy (non-hydrogen) atoms. The molecule has 0 unspecified atom stereocenters. The van der Waals surface area contributed by atoms with Crippen LogP contribution in [-0.4, -0.2) is 25.1 Å². The summed E-state index contributed by atoms with van der Waals surface area (Å²) in [6, 6.07) is 10.7. The zero-order valence-electron chi connectivity index (χ0n) is 16.4. The van der Waals surface area contributed by atoms with E-state index in [1.54, 1.807) is 37.3 Å². The predicted molar refractivity (Wildman–Crippen MR) is 114 cm³/mol. The Morgan fingerprint density at radius 1 is 1.07 bits per heavy atom. The van der Waals surface area contributed by atoms with Gasteiger partial charge >= 0.3 is 0 Å². The van der Waals surface area contributed by atoms with Gasteiger partial charge in [0.05, 0.1) is 19.1 Å². The number of amides is 1. The first-order valence-corrected chi connectivity index (χ1v) is 8.76. The van der Waals surface area contributed by atoms with Crippen LogP contribution in [0.25, 0.3) is 18.2 Å². The molecule has 7 nitrogen and oxygen atoms in total. The molecular formula is C22H22N2O5. The minimum Gasteiger partial charge on any atom is -0.497 e. The highest BCUT2D eigenvalue weighted by Gasteiger charge is 2.10. The van der Waals surface area contributed by atoms with Crippen LogP contribution in [0.3, 0.4) is 0 Å². The van der Waals surface area contributed by atoms with E-state index >= 15 is 0 Å². The first-order chi connectivity index (χ1) is 14.0. The highest BCUT2D eigenvalue weighted by molar-refractivity contribution is 5.99. The average molecular weight is 394 g/mol. The van der Waals surface area contributed by atoms with Gasteiger partial charge in [0, 0.05) is 23.4 Å². The van der Waals surface area contributed by atoms with Crippen molar-refractivity contribution in [3.63, 3.8) is 0 Å². The summed E-state index contributed by atoms with van der Waals surface area (Å²) in [5, 5.41) is 13.5. The number of nitrogens with one attached hydrogen (secondary N) is 1. The Hall–Kier alpha value is -3.87. The number of carbonyl (C=O) groups is 1. The van der Waals surface area contributed by atoms with Gasteiger partial charge in [-0.3, -0.25) is 14.9 Å². The molecule has 0 aliphatic carbocycles. The second-order valence-electron chi connectivity index (χ2n) is 5.88. The van der Waals surface area contributed by atoms with Crippen molar-refractivity contribution in [1.29, 1.82) is 0 Å². The van der Waals surface area contributed by atoms with Gasteiger partial charge < -0.3 is 14.8 Å². The monoisotopic (exact) mass is 394 g/mol. The summed E-state index contributed by atoms with van der Waals surface area (Å²) in [6.07, 6.45) is 9.04. The van der Waals surface area contributed by atoms with Gasteiger partial charge in [-0.25, -0.2) is 0 Å². The molecule has 2 aromatic rings. The maximum atomic E-state index is 11.6. The molecule has 0 radical (unpaired) electrons. The van der Waals surface area contributed by atoms with Gasteiger partial charge in [0.2, 0.25) is 12.1 Å². The molecule has 0 saturated carbocycles. The maximum absolute atomic E-state index is 11.6. The lowest BCUT2D eigenvalue weighted by Crippen LogP contribution is -2.07. The summed E-state index contributed by atoms with van der Waals surface area (Å²) >= 11 is 0. The van der Waals surface area contributed by atoms with E-state index in [4.69, 9.17) is 9.47 Å². The van der Waals surface area contributed by atoms with Gasteiger partial charge in [0.15, 0.2) is 0 Å². The fourth-order valence-corrected chi connectivity index (χ4v) is 2.56. The number of rotatable bonds is 8. The molecule has 0 aliphatic heterocycles. The number of methoxy groups -OCH3 is 2. The van der Waals surface area contributed by atoms with E-state index < -0.39 is 4.92 Å². The number of allylic oxidation sites excluding steroid dienone is 1. The van der Waals surface area contributed by atoms with Gasteiger partial charge in [-0.2, -0.15) is 0 Å². The number of ether oxygens (including phenoxy) is 2. The number of nitro groups is 1. The topological polar surface area (TPSA) is 90.7 Å². The molecule has 2 rings (SSSR count). The fourth-order valence-electron chi connectivity index (χ4n) is 2.56. The Morgan fingerprint density at radius 3 is 2.38 bits per heavy atom. The predicted octanol–water partition coefficient (Wildman–Crippen LogP) is 4.64. The van der Waals surface area contributed by atoms with Crippen LogP contribution < -0.4 is 14.8 Å². The van der Waals surface area contributed by atoms with Crippen LogP contribution in [0.15, 0.2) is 54.8 Å². The Morgan fingerprint density at radius 2 is 1.79 bits per heavy atom. The second kappa shape index (κ2) is 10.5. The number of hydrogen-bond acceptors (Lipinski definition) is 5. The number of nitrogens with zero attached hydrogens (tertiary/aromatic N) is 1. The lowest BCUT2D eigenvalue weighted by Gasteiger charge is -2.11. The van der Waals surface area contributed by atoms with E-state index in [0.717, 1.165) is 11.8 Å². The summed E-state index contributed by atoms with van der Waals surface area (Å²) in [5.41, 5.74) is 2.84. The minimum atomic E-state index is -0.530. The third-order valence-corrected chi connectivity index (χ3v) is 3.92. The van der Waals surface area contributed by atoms with Crippen molar-refractivity contribution in [2.75, 3.05) is 19.5 Å². The van der Waals surface area contributed by atoms with Crippen molar-refractivity contribution in [1.82, 2.24) is 0 Å². The van der Waals surface area contributed by atoms with Crippen molar-refractivity contribution < 1.29 is 19.2 Å². The smallest absolute Gasteiger partial charge is 0.248 e. The molecule has 0 saturated heterocycles. The van der Waals surface area contributed by atoms with Gasteiger partial charge in [0.25, 0.3) is 0 Å². The van der Waals surface area contributed by atoms with Gasteiger partial charge in [0.1, 0.15) is 11.5 Å². The first kappa shape index (κ1) is 21.4. The number of anilines is 1. The molecule has 0 fully saturated rings. The highest BCUT2D eigenvalue weighted by Crippen LogP contribution is 2.31. The molecule has 7 heteroatoms. The van der Waals surface area contributed by atoms with Crippen LogP contribution in [0.2, 0.25) is 0 Å². The Kier molecular flexibility index (Phi) is 7.73.